The average molecular weight is 279 g/mol. The van der Waals surface area contributed by atoms with Gasteiger partial charge in [-0.3, -0.25) is 4.90 Å². The number of hydrogen-bond donors (Lipinski definition) is 1. The van der Waals surface area contributed by atoms with Gasteiger partial charge in [0.15, 0.2) is 0 Å². The normalized spacial score (nSPS) is 10.5. The second kappa shape index (κ2) is 7.47. The molecule has 0 aliphatic rings. The van der Waals surface area contributed by atoms with Crippen molar-refractivity contribution in [2.24, 2.45) is 0 Å². The smallest absolute Gasteiger partial charge is 0.0991 e. The predicted molar refractivity (Wildman–Crippen MR) is 86.4 cm³/mol. The third kappa shape index (κ3) is 4.34. The van der Waals surface area contributed by atoms with Crippen molar-refractivity contribution in [1.29, 1.82) is 5.26 Å². The van der Waals surface area contributed by atoms with E-state index in [9.17, 15) is 0 Å². The van der Waals surface area contributed by atoms with Gasteiger partial charge in [0, 0.05) is 18.8 Å². The minimum atomic E-state index is 0.711. The summed E-state index contributed by atoms with van der Waals surface area (Å²) in [6, 6.07) is 18.0. The van der Waals surface area contributed by atoms with Crippen LogP contribution in [-0.4, -0.2) is 11.4 Å². The molecule has 2 N–H and O–H groups in total. The Balaban J connectivity index is 2.12. The van der Waals surface area contributed by atoms with Crippen LogP contribution in [0.1, 0.15) is 30.0 Å². The van der Waals surface area contributed by atoms with Crippen molar-refractivity contribution in [2.75, 3.05) is 12.3 Å². The maximum atomic E-state index is 8.99. The van der Waals surface area contributed by atoms with Crippen LogP contribution in [0.15, 0.2) is 48.5 Å². The average Bonchev–Trinajstić information content (AvgIpc) is 2.50. The van der Waals surface area contributed by atoms with Gasteiger partial charge in [0.1, 0.15) is 0 Å². The van der Waals surface area contributed by atoms with Crippen LogP contribution in [0, 0.1) is 11.3 Å². The summed E-state index contributed by atoms with van der Waals surface area (Å²) in [6.45, 7) is 4.84. The number of hydrogen-bond acceptors (Lipinski definition) is 3. The van der Waals surface area contributed by atoms with Gasteiger partial charge in [-0.2, -0.15) is 5.26 Å². The maximum Gasteiger partial charge on any atom is 0.0991 e. The number of nitrogens with two attached hydrogens (primary N) is 1. The molecule has 0 fully saturated rings. The van der Waals surface area contributed by atoms with E-state index >= 15 is 0 Å². The Morgan fingerprint density at radius 2 is 1.90 bits per heavy atom. The zero-order chi connectivity index (χ0) is 15.1. The van der Waals surface area contributed by atoms with Gasteiger partial charge in [0.2, 0.25) is 0 Å². The van der Waals surface area contributed by atoms with Crippen LogP contribution in [0.5, 0.6) is 0 Å². The molecule has 0 unspecified atom stereocenters. The summed E-state index contributed by atoms with van der Waals surface area (Å²) in [4.78, 5) is 2.36. The lowest BCUT2D eigenvalue weighted by Crippen LogP contribution is -2.24. The van der Waals surface area contributed by atoms with E-state index in [4.69, 9.17) is 11.0 Å². The molecule has 2 aromatic rings. The standard InChI is InChI=1S/C18H21N3/c1-2-10-21(14-17-8-3-4-9-18(17)20)13-16-7-5-6-15(11-16)12-19/h3-9,11H,2,10,13-14,20H2,1H3. The van der Waals surface area contributed by atoms with Crippen molar-refractivity contribution in [3.8, 4) is 6.07 Å². The van der Waals surface area contributed by atoms with Crippen LogP contribution in [0.4, 0.5) is 5.69 Å². The lowest BCUT2D eigenvalue weighted by molar-refractivity contribution is 0.258. The van der Waals surface area contributed by atoms with E-state index in [1.165, 1.54) is 0 Å². The Kier molecular flexibility index (Phi) is 5.36. The zero-order valence-electron chi connectivity index (χ0n) is 12.4. The molecule has 0 saturated carbocycles. The Bertz CT molecular complexity index is 628. The monoisotopic (exact) mass is 279 g/mol. The third-order valence-electron chi connectivity index (χ3n) is 3.45. The van der Waals surface area contributed by atoms with Gasteiger partial charge in [-0.05, 0) is 42.3 Å². The van der Waals surface area contributed by atoms with E-state index < -0.39 is 0 Å². The van der Waals surface area contributed by atoms with Crippen molar-refractivity contribution in [3.05, 3.63) is 65.2 Å². The van der Waals surface area contributed by atoms with Gasteiger partial charge in [0.05, 0.1) is 11.6 Å². The van der Waals surface area contributed by atoms with Crippen molar-refractivity contribution in [1.82, 2.24) is 4.90 Å². The highest BCUT2D eigenvalue weighted by atomic mass is 15.1. The summed E-state index contributed by atoms with van der Waals surface area (Å²) in [7, 11) is 0. The summed E-state index contributed by atoms with van der Waals surface area (Å²) in [5.41, 5.74) is 9.90. The molecule has 2 rings (SSSR count). The van der Waals surface area contributed by atoms with Gasteiger partial charge >= 0.3 is 0 Å². The molecule has 0 aromatic heterocycles. The minimum absolute atomic E-state index is 0.711. The molecule has 21 heavy (non-hydrogen) atoms. The molecule has 3 nitrogen and oxygen atoms in total. The fraction of sp³-hybridized carbons (Fsp3) is 0.278. The minimum Gasteiger partial charge on any atom is -0.398 e. The second-order valence-corrected chi connectivity index (χ2v) is 5.22. The van der Waals surface area contributed by atoms with Crippen LogP contribution in [0.2, 0.25) is 0 Å². The van der Waals surface area contributed by atoms with E-state index in [1.54, 1.807) is 0 Å². The van der Waals surface area contributed by atoms with Gasteiger partial charge in [-0.25, -0.2) is 0 Å². The van der Waals surface area contributed by atoms with Crippen molar-refractivity contribution in [3.63, 3.8) is 0 Å². The quantitative estimate of drug-likeness (QED) is 0.823. The molecule has 0 radical (unpaired) electrons. The molecule has 0 saturated heterocycles. The van der Waals surface area contributed by atoms with E-state index in [2.05, 4.69) is 30.0 Å². The first kappa shape index (κ1) is 15.1. The van der Waals surface area contributed by atoms with Crippen molar-refractivity contribution >= 4 is 5.69 Å². The van der Waals surface area contributed by atoms with Crippen LogP contribution >= 0.6 is 0 Å². The lowest BCUT2D eigenvalue weighted by Gasteiger charge is -2.22. The summed E-state index contributed by atoms with van der Waals surface area (Å²) in [6.07, 6.45) is 1.09. The SMILES string of the molecule is CCCN(Cc1cccc(C#N)c1)Cc1ccccc1N. The first-order valence-electron chi connectivity index (χ1n) is 7.27. The highest BCUT2D eigenvalue weighted by Crippen LogP contribution is 2.16. The summed E-state index contributed by atoms with van der Waals surface area (Å²) < 4.78 is 0. The van der Waals surface area contributed by atoms with Crippen LogP contribution in [0.3, 0.4) is 0 Å². The second-order valence-electron chi connectivity index (χ2n) is 5.22. The molecule has 3 heteroatoms. The molecule has 0 spiro atoms. The fourth-order valence-corrected chi connectivity index (χ4v) is 2.45. The van der Waals surface area contributed by atoms with Gasteiger partial charge in [0.25, 0.3) is 0 Å². The Hall–Kier alpha value is -2.31. The lowest BCUT2D eigenvalue weighted by atomic mass is 10.1. The van der Waals surface area contributed by atoms with Gasteiger partial charge in [-0.15, -0.1) is 0 Å². The van der Waals surface area contributed by atoms with Crippen molar-refractivity contribution in [2.45, 2.75) is 26.4 Å². The van der Waals surface area contributed by atoms with Crippen LogP contribution in [-0.2, 0) is 13.1 Å². The first-order chi connectivity index (χ1) is 10.2. The number of rotatable bonds is 6. The topological polar surface area (TPSA) is 53.0 Å². The Morgan fingerprint density at radius 3 is 2.62 bits per heavy atom. The molecule has 0 bridgehead atoms. The molecule has 108 valence electrons. The molecular weight excluding hydrogens is 258 g/mol. The molecule has 2 aromatic carbocycles. The summed E-state index contributed by atoms with van der Waals surface area (Å²) in [5, 5.41) is 8.99. The molecular formula is C18H21N3. The largest absolute Gasteiger partial charge is 0.398 e. The molecule has 0 heterocycles. The van der Waals surface area contributed by atoms with Gasteiger partial charge in [-0.1, -0.05) is 37.3 Å². The van der Waals surface area contributed by atoms with Crippen LogP contribution < -0.4 is 5.73 Å². The van der Waals surface area contributed by atoms with Crippen molar-refractivity contribution < 1.29 is 0 Å². The van der Waals surface area contributed by atoms with E-state index in [0.717, 1.165) is 42.9 Å². The number of nitrogens with zero attached hydrogens (tertiary/aromatic N) is 2. The van der Waals surface area contributed by atoms with Crippen LogP contribution in [0.25, 0.3) is 0 Å². The zero-order valence-corrected chi connectivity index (χ0v) is 12.4. The molecule has 0 atom stereocenters. The molecule has 0 aliphatic heterocycles. The number of benzene rings is 2. The fourth-order valence-electron chi connectivity index (χ4n) is 2.45. The third-order valence-corrected chi connectivity index (χ3v) is 3.45. The maximum absolute atomic E-state index is 8.99. The molecule has 0 aliphatic carbocycles. The predicted octanol–water partition coefficient (Wildman–Crippen LogP) is 3.55. The Labute approximate surface area is 126 Å². The van der Waals surface area contributed by atoms with E-state index in [-0.39, 0.29) is 0 Å². The Morgan fingerprint density at radius 1 is 1.10 bits per heavy atom. The van der Waals surface area contributed by atoms with E-state index in [1.807, 2.05) is 36.4 Å². The highest BCUT2D eigenvalue weighted by molar-refractivity contribution is 5.46. The van der Waals surface area contributed by atoms with Gasteiger partial charge < -0.3 is 5.73 Å². The first-order valence-corrected chi connectivity index (χ1v) is 7.27. The highest BCUT2D eigenvalue weighted by Gasteiger charge is 2.08. The molecule has 0 amide bonds. The number of anilines is 1. The number of para-hydroxylation sites is 1. The van der Waals surface area contributed by atoms with E-state index in [0.29, 0.717) is 5.56 Å². The number of nitriles is 1. The number of nitrogen functional groups attached to an aromatic ring is 1. The summed E-state index contributed by atoms with van der Waals surface area (Å²) >= 11 is 0. The summed E-state index contributed by atoms with van der Waals surface area (Å²) in [5.74, 6) is 0.